The van der Waals surface area contributed by atoms with E-state index in [1.54, 1.807) is 30.3 Å². The molecule has 0 aromatic carbocycles. The van der Waals surface area contributed by atoms with Crippen molar-refractivity contribution in [3.8, 4) is 5.95 Å². The Morgan fingerprint density at radius 3 is 3.00 bits per heavy atom. The van der Waals surface area contributed by atoms with Gasteiger partial charge in [0.25, 0.3) is 5.95 Å². The minimum atomic E-state index is 0.199. The number of aromatic nitrogens is 5. The van der Waals surface area contributed by atoms with Crippen molar-refractivity contribution in [2.45, 2.75) is 11.6 Å². The van der Waals surface area contributed by atoms with Gasteiger partial charge in [0.15, 0.2) is 5.16 Å². The molecule has 8 heteroatoms. The molecule has 2 N–H and O–H groups in total. The minimum absolute atomic E-state index is 0.199. The van der Waals surface area contributed by atoms with Crippen LogP contribution in [0.15, 0.2) is 23.6 Å². The van der Waals surface area contributed by atoms with E-state index in [1.165, 1.54) is 11.8 Å². The van der Waals surface area contributed by atoms with Crippen LogP contribution in [0.3, 0.4) is 0 Å². The third kappa shape index (κ3) is 3.41. The second-order valence-electron chi connectivity index (χ2n) is 3.42. The van der Waals surface area contributed by atoms with Crippen molar-refractivity contribution in [3.05, 3.63) is 18.5 Å². The molecular weight excluding hydrogens is 252 g/mol. The highest BCUT2D eigenvalue weighted by Gasteiger charge is 2.06. The summed E-state index contributed by atoms with van der Waals surface area (Å²) in [6.07, 6.45) is 4.35. The largest absolute Gasteiger partial charge is 0.385 e. The average Bonchev–Trinajstić information content (AvgIpc) is 2.88. The van der Waals surface area contributed by atoms with Crippen LogP contribution in [-0.4, -0.2) is 44.2 Å². The van der Waals surface area contributed by atoms with E-state index in [0.717, 1.165) is 18.8 Å². The van der Waals surface area contributed by atoms with Crippen LogP contribution in [0.2, 0.25) is 0 Å². The summed E-state index contributed by atoms with van der Waals surface area (Å²) in [5.74, 6) is 1.50. The summed E-state index contributed by atoms with van der Waals surface area (Å²) in [6.45, 7) is 0.722. The Morgan fingerprint density at radius 2 is 2.28 bits per heavy atom. The molecule has 0 aliphatic heterocycles. The summed E-state index contributed by atoms with van der Waals surface area (Å²) >= 11 is 1.52. The zero-order valence-corrected chi connectivity index (χ0v) is 10.8. The van der Waals surface area contributed by atoms with Crippen molar-refractivity contribution in [2.24, 2.45) is 0 Å². The maximum atomic E-state index is 5.65. The van der Waals surface area contributed by atoms with E-state index in [1.807, 2.05) is 0 Å². The molecule has 0 unspecified atom stereocenters. The van der Waals surface area contributed by atoms with E-state index in [0.29, 0.717) is 11.1 Å². The summed E-state index contributed by atoms with van der Waals surface area (Å²) in [4.78, 5) is 12.4. The van der Waals surface area contributed by atoms with Gasteiger partial charge in [-0.1, -0.05) is 11.8 Å². The Morgan fingerprint density at radius 1 is 1.39 bits per heavy atom. The van der Waals surface area contributed by atoms with Crippen LogP contribution in [0.25, 0.3) is 5.95 Å². The third-order valence-electron chi connectivity index (χ3n) is 2.05. The molecule has 2 rings (SSSR count). The highest BCUT2D eigenvalue weighted by atomic mass is 32.2. The zero-order valence-electron chi connectivity index (χ0n) is 9.98. The van der Waals surface area contributed by atoms with Gasteiger partial charge in [0.1, 0.15) is 0 Å². The molecular formula is C10H14N6OS. The standard InChI is InChI=1S/C10H14N6OS/c1-17-6-3-7-18-10-14-8(11)13-9(15-10)16-5-2-4-12-16/h2,4-5H,3,6-7H2,1H3,(H2,11,13,14,15). The molecule has 2 aromatic rings. The van der Waals surface area contributed by atoms with Crippen molar-refractivity contribution in [1.29, 1.82) is 0 Å². The van der Waals surface area contributed by atoms with Gasteiger partial charge >= 0.3 is 0 Å². The highest BCUT2D eigenvalue weighted by Crippen LogP contribution is 2.15. The molecule has 2 aromatic heterocycles. The number of anilines is 1. The lowest BCUT2D eigenvalue weighted by Gasteiger charge is -2.04. The van der Waals surface area contributed by atoms with E-state index in [9.17, 15) is 0 Å². The van der Waals surface area contributed by atoms with Gasteiger partial charge < -0.3 is 10.5 Å². The Kier molecular flexibility index (Phi) is 4.48. The Hall–Kier alpha value is -1.67. The van der Waals surface area contributed by atoms with Gasteiger partial charge in [-0.15, -0.1) is 0 Å². The highest BCUT2D eigenvalue weighted by molar-refractivity contribution is 7.99. The predicted octanol–water partition coefficient (Wildman–Crippen LogP) is 0.768. The van der Waals surface area contributed by atoms with Crippen molar-refractivity contribution >= 4 is 17.7 Å². The maximum absolute atomic E-state index is 5.65. The number of nitrogen functional groups attached to an aromatic ring is 1. The fourth-order valence-electron chi connectivity index (χ4n) is 1.28. The summed E-state index contributed by atoms with van der Waals surface area (Å²) in [5.41, 5.74) is 5.65. The van der Waals surface area contributed by atoms with Gasteiger partial charge in [-0.2, -0.15) is 20.1 Å². The zero-order chi connectivity index (χ0) is 12.8. The van der Waals surface area contributed by atoms with E-state index < -0.39 is 0 Å². The van der Waals surface area contributed by atoms with E-state index >= 15 is 0 Å². The first-order valence-corrected chi connectivity index (χ1v) is 6.41. The van der Waals surface area contributed by atoms with Gasteiger partial charge in [0, 0.05) is 31.9 Å². The molecule has 0 radical (unpaired) electrons. The molecule has 0 bridgehead atoms. The molecule has 0 saturated carbocycles. The molecule has 0 saturated heterocycles. The second kappa shape index (κ2) is 6.31. The average molecular weight is 266 g/mol. The van der Waals surface area contributed by atoms with Gasteiger partial charge in [-0.3, -0.25) is 0 Å². The van der Waals surface area contributed by atoms with Crippen molar-refractivity contribution in [2.75, 3.05) is 25.2 Å². The Bertz CT molecular complexity index is 489. The fraction of sp³-hybridized carbons (Fsp3) is 0.400. The van der Waals surface area contributed by atoms with Crippen LogP contribution in [0.4, 0.5) is 5.95 Å². The lowest BCUT2D eigenvalue weighted by Crippen LogP contribution is -2.07. The van der Waals surface area contributed by atoms with Gasteiger partial charge in [-0.05, 0) is 12.5 Å². The number of hydrogen-bond donors (Lipinski definition) is 1. The van der Waals surface area contributed by atoms with Crippen LogP contribution >= 0.6 is 11.8 Å². The molecule has 0 spiro atoms. The quantitative estimate of drug-likeness (QED) is 0.609. The SMILES string of the molecule is COCCCSc1nc(N)nc(-n2cccn2)n1. The summed E-state index contributed by atoms with van der Waals surface area (Å²) < 4.78 is 6.53. The molecule has 0 amide bonds. The third-order valence-corrected chi connectivity index (χ3v) is 2.99. The number of nitrogens with zero attached hydrogens (tertiary/aromatic N) is 5. The van der Waals surface area contributed by atoms with Crippen LogP contribution in [-0.2, 0) is 4.74 Å². The lowest BCUT2D eigenvalue weighted by molar-refractivity contribution is 0.200. The van der Waals surface area contributed by atoms with Crippen LogP contribution in [0.1, 0.15) is 6.42 Å². The topological polar surface area (TPSA) is 91.7 Å². The first-order chi connectivity index (χ1) is 8.79. The van der Waals surface area contributed by atoms with E-state index in [2.05, 4.69) is 20.1 Å². The molecule has 0 aliphatic rings. The summed E-state index contributed by atoms with van der Waals surface area (Å²) in [7, 11) is 1.68. The van der Waals surface area contributed by atoms with Gasteiger partial charge in [0.2, 0.25) is 5.95 Å². The monoisotopic (exact) mass is 266 g/mol. The lowest BCUT2D eigenvalue weighted by atomic mass is 10.5. The number of thioether (sulfide) groups is 1. The minimum Gasteiger partial charge on any atom is -0.385 e. The van der Waals surface area contributed by atoms with Crippen LogP contribution in [0.5, 0.6) is 0 Å². The van der Waals surface area contributed by atoms with Crippen molar-refractivity contribution in [1.82, 2.24) is 24.7 Å². The normalized spacial score (nSPS) is 10.7. The Labute approximate surface area is 109 Å². The molecule has 7 nitrogen and oxygen atoms in total. The molecule has 18 heavy (non-hydrogen) atoms. The van der Waals surface area contributed by atoms with Crippen molar-refractivity contribution < 1.29 is 4.74 Å². The number of hydrogen-bond acceptors (Lipinski definition) is 7. The summed E-state index contributed by atoms with van der Waals surface area (Å²) in [6, 6.07) is 1.80. The van der Waals surface area contributed by atoms with Crippen LogP contribution < -0.4 is 5.73 Å². The maximum Gasteiger partial charge on any atom is 0.256 e. The van der Waals surface area contributed by atoms with Crippen LogP contribution in [0, 0.1) is 0 Å². The summed E-state index contributed by atoms with van der Waals surface area (Å²) in [5, 5.41) is 4.66. The first-order valence-electron chi connectivity index (χ1n) is 5.43. The van der Waals surface area contributed by atoms with Gasteiger partial charge in [0.05, 0.1) is 0 Å². The number of rotatable bonds is 6. The molecule has 0 atom stereocenters. The molecule has 2 heterocycles. The second-order valence-corrected chi connectivity index (χ2v) is 4.48. The Balaban J connectivity index is 2.07. The smallest absolute Gasteiger partial charge is 0.256 e. The molecule has 0 fully saturated rings. The first kappa shape index (κ1) is 12.8. The number of methoxy groups -OCH3 is 1. The van der Waals surface area contributed by atoms with Gasteiger partial charge in [-0.25, -0.2) is 4.68 Å². The van der Waals surface area contributed by atoms with E-state index in [-0.39, 0.29) is 5.95 Å². The number of nitrogens with two attached hydrogens (primary N) is 1. The van der Waals surface area contributed by atoms with E-state index in [4.69, 9.17) is 10.5 Å². The molecule has 96 valence electrons. The predicted molar refractivity (Wildman–Crippen MR) is 68.6 cm³/mol. The van der Waals surface area contributed by atoms with Crippen molar-refractivity contribution in [3.63, 3.8) is 0 Å². The molecule has 0 aliphatic carbocycles. The fourth-order valence-corrected chi connectivity index (χ4v) is 2.03. The number of ether oxygens (including phenoxy) is 1.